The van der Waals surface area contributed by atoms with Gasteiger partial charge in [0, 0.05) is 0 Å². The second-order valence-corrected chi connectivity index (χ2v) is 7.74. The summed E-state index contributed by atoms with van der Waals surface area (Å²) in [5, 5.41) is 0. The number of rotatable bonds is 5. The Bertz CT molecular complexity index is 816. The van der Waals surface area contributed by atoms with Crippen LogP contribution in [0, 0.1) is 6.92 Å². The van der Waals surface area contributed by atoms with Gasteiger partial charge in [-0.1, -0.05) is 48.0 Å². The molecule has 0 radical (unpaired) electrons. The van der Waals surface area contributed by atoms with Crippen molar-refractivity contribution in [2.75, 3.05) is 6.54 Å². The van der Waals surface area contributed by atoms with Gasteiger partial charge in [0.25, 0.3) is 10.0 Å². The summed E-state index contributed by atoms with van der Waals surface area (Å²) in [6.07, 6.45) is 0.110. The zero-order valence-electron chi connectivity index (χ0n) is 13.4. The first-order valence-corrected chi connectivity index (χ1v) is 9.25. The fourth-order valence-electron chi connectivity index (χ4n) is 2.65. The molecule has 1 aliphatic heterocycles. The van der Waals surface area contributed by atoms with Crippen molar-refractivity contribution in [1.82, 2.24) is 4.31 Å². The van der Waals surface area contributed by atoms with Gasteiger partial charge in [-0.3, -0.25) is 0 Å². The number of nitrogens with zero attached hydrogens (tertiary/aromatic N) is 1. The van der Waals surface area contributed by atoms with E-state index in [0.717, 1.165) is 21.9 Å². The van der Waals surface area contributed by atoms with Gasteiger partial charge in [0.05, 0.1) is 11.4 Å². The topological polar surface area (TPSA) is 63.7 Å². The molecule has 0 bridgehead atoms. The van der Waals surface area contributed by atoms with Crippen molar-refractivity contribution in [3.8, 4) is 0 Å². The highest BCUT2D eigenvalue weighted by molar-refractivity contribution is 7.89. The highest BCUT2D eigenvalue weighted by Gasteiger charge is 2.39. The van der Waals surface area contributed by atoms with Gasteiger partial charge in [0.2, 0.25) is 0 Å². The second kappa shape index (κ2) is 6.65. The molecule has 1 aliphatic rings. The largest absolute Gasteiger partial charge is 0.443 e. The van der Waals surface area contributed by atoms with Crippen LogP contribution in [0.25, 0.3) is 0 Å². The normalized spacial score (nSPS) is 17.8. The molecule has 2 aromatic carbocycles. The molecule has 1 amide bonds. The number of cyclic esters (lactones) is 1. The van der Waals surface area contributed by atoms with Gasteiger partial charge in [0.1, 0.15) is 6.10 Å². The summed E-state index contributed by atoms with van der Waals surface area (Å²) >= 11 is 0. The molecular formula is C18H19NO4S. The van der Waals surface area contributed by atoms with E-state index in [4.69, 9.17) is 4.74 Å². The minimum Gasteiger partial charge on any atom is -0.443 e. The summed E-state index contributed by atoms with van der Waals surface area (Å²) in [6.45, 7) is 1.93. The molecular weight excluding hydrogens is 326 g/mol. The number of carbonyl (C=O) groups excluding carboxylic acids is 1. The van der Waals surface area contributed by atoms with Crippen molar-refractivity contribution in [3.05, 3.63) is 65.7 Å². The molecule has 1 saturated heterocycles. The maximum absolute atomic E-state index is 12.6. The average molecular weight is 345 g/mol. The standard InChI is InChI=1S/C18H19NO4S/c1-14-7-11-17(12-8-14)24(21,22)19-13-16(23-18(19)20)10-9-15-5-3-2-4-6-15/h2-8,11-12,16H,9-10,13H2,1H3. The van der Waals surface area contributed by atoms with Crippen LogP contribution in [0.5, 0.6) is 0 Å². The molecule has 6 heteroatoms. The number of carbonyl (C=O) groups is 1. The Morgan fingerprint density at radius 1 is 1.08 bits per heavy atom. The Morgan fingerprint density at radius 3 is 2.42 bits per heavy atom. The molecule has 24 heavy (non-hydrogen) atoms. The number of hydrogen-bond donors (Lipinski definition) is 0. The molecule has 0 aromatic heterocycles. The Kier molecular flexibility index (Phi) is 4.57. The molecule has 0 saturated carbocycles. The van der Waals surface area contributed by atoms with Gasteiger partial charge in [-0.05, 0) is 37.5 Å². The first-order valence-electron chi connectivity index (χ1n) is 7.81. The highest BCUT2D eigenvalue weighted by Crippen LogP contribution is 2.24. The smallest absolute Gasteiger partial charge is 0.424 e. The molecule has 2 aromatic rings. The van der Waals surface area contributed by atoms with Crippen molar-refractivity contribution in [1.29, 1.82) is 0 Å². The Hall–Kier alpha value is -2.34. The molecule has 0 N–H and O–H groups in total. The van der Waals surface area contributed by atoms with Crippen LogP contribution in [0.2, 0.25) is 0 Å². The number of aryl methyl sites for hydroxylation is 2. The van der Waals surface area contributed by atoms with E-state index in [1.54, 1.807) is 12.1 Å². The van der Waals surface area contributed by atoms with Crippen LogP contribution >= 0.6 is 0 Å². The summed E-state index contributed by atoms with van der Waals surface area (Å²) in [7, 11) is -3.86. The number of benzene rings is 2. The zero-order valence-corrected chi connectivity index (χ0v) is 14.2. The molecule has 1 unspecified atom stereocenters. The van der Waals surface area contributed by atoms with Crippen molar-refractivity contribution >= 4 is 16.1 Å². The molecule has 0 aliphatic carbocycles. The number of sulfonamides is 1. The van der Waals surface area contributed by atoms with Crippen molar-refractivity contribution in [2.24, 2.45) is 0 Å². The van der Waals surface area contributed by atoms with Gasteiger partial charge in [-0.25, -0.2) is 13.2 Å². The van der Waals surface area contributed by atoms with E-state index in [2.05, 4.69) is 0 Å². The Balaban J connectivity index is 1.69. The Morgan fingerprint density at radius 2 is 1.75 bits per heavy atom. The maximum Gasteiger partial charge on any atom is 0.424 e. The van der Waals surface area contributed by atoms with Crippen molar-refractivity contribution in [2.45, 2.75) is 30.8 Å². The van der Waals surface area contributed by atoms with Gasteiger partial charge in [-0.2, -0.15) is 4.31 Å². The quantitative estimate of drug-likeness (QED) is 0.835. The first kappa shape index (κ1) is 16.5. The van der Waals surface area contributed by atoms with Gasteiger partial charge in [-0.15, -0.1) is 0 Å². The van der Waals surface area contributed by atoms with Crippen LogP contribution in [0.4, 0.5) is 4.79 Å². The van der Waals surface area contributed by atoms with Gasteiger partial charge < -0.3 is 4.74 Å². The van der Waals surface area contributed by atoms with Crippen molar-refractivity contribution < 1.29 is 17.9 Å². The predicted octanol–water partition coefficient (Wildman–Crippen LogP) is 3.14. The fraction of sp³-hybridized carbons (Fsp3) is 0.278. The average Bonchev–Trinajstić information content (AvgIpc) is 2.96. The second-order valence-electron chi connectivity index (χ2n) is 5.88. The number of amides is 1. The number of hydrogen-bond acceptors (Lipinski definition) is 4. The van der Waals surface area contributed by atoms with Crippen LogP contribution < -0.4 is 0 Å². The predicted molar refractivity (Wildman–Crippen MR) is 90.1 cm³/mol. The third-order valence-electron chi connectivity index (χ3n) is 4.05. The summed E-state index contributed by atoms with van der Waals surface area (Å²) < 4.78 is 31.3. The molecule has 3 rings (SSSR count). The van der Waals surface area contributed by atoms with Gasteiger partial charge in [0.15, 0.2) is 0 Å². The summed E-state index contributed by atoms with van der Waals surface area (Å²) in [5.41, 5.74) is 2.09. The highest BCUT2D eigenvalue weighted by atomic mass is 32.2. The minimum atomic E-state index is -3.86. The van der Waals surface area contributed by atoms with Crippen LogP contribution in [-0.2, 0) is 21.2 Å². The van der Waals surface area contributed by atoms with E-state index < -0.39 is 22.2 Å². The monoisotopic (exact) mass is 345 g/mol. The van der Waals surface area contributed by atoms with E-state index in [1.165, 1.54) is 12.1 Å². The SMILES string of the molecule is Cc1ccc(S(=O)(=O)N2CC(CCc3ccccc3)OC2=O)cc1. The molecule has 0 spiro atoms. The van der Waals surface area contributed by atoms with Crippen molar-refractivity contribution in [3.63, 3.8) is 0 Å². The van der Waals surface area contributed by atoms with E-state index in [0.29, 0.717) is 6.42 Å². The number of ether oxygens (including phenoxy) is 1. The molecule has 5 nitrogen and oxygen atoms in total. The zero-order chi connectivity index (χ0) is 17.2. The lowest BCUT2D eigenvalue weighted by Crippen LogP contribution is -2.32. The van der Waals surface area contributed by atoms with Gasteiger partial charge >= 0.3 is 6.09 Å². The fourth-order valence-corrected chi connectivity index (χ4v) is 3.99. The lowest BCUT2D eigenvalue weighted by molar-refractivity contribution is 0.133. The van der Waals surface area contributed by atoms with Crippen LogP contribution in [-0.4, -0.2) is 31.5 Å². The first-order chi connectivity index (χ1) is 11.5. The lowest BCUT2D eigenvalue weighted by atomic mass is 10.1. The van der Waals surface area contributed by atoms with E-state index in [1.807, 2.05) is 37.3 Å². The summed E-state index contributed by atoms with van der Waals surface area (Å²) in [4.78, 5) is 12.1. The molecule has 1 atom stereocenters. The molecule has 1 heterocycles. The summed E-state index contributed by atoms with van der Waals surface area (Å²) in [6, 6.07) is 16.3. The van der Waals surface area contributed by atoms with E-state index in [-0.39, 0.29) is 11.4 Å². The maximum atomic E-state index is 12.6. The van der Waals surface area contributed by atoms with Crippen LogP contribution in [0.3, 0.4) is 0 Å². The molecule has 126 valence electrons. The third-order valence-corrected chi connectivity index (χ3v) is 5.79. The Labute approximate surface area is 141 Å². The van der Waals surface area contributed by atoms with Crippen LogP contribution in [0.1, 0.15) is 17.5 Å². The van der Waals surface area contributed by atoms with E-state index in [9.17, 15) is 13.2 Å². The van der Waals surface area contributed by atoms with E-state index >= 15 is 0 Å². The molecule has 1 fully saturated rings. The van der Waals surface area contributed by atoms with Crippen LogP contribution in [0.15, 0.2) is 59.5 Å². The third kappa shape index (κ3) is 3.43. The lowest BCUT2D eigenvalue weighted by Gasteiger charge is -2.13. The minimum absolute atomic E-state index is 0.0574. The summed E-state index contributed by atoms with van der Waals surface area (Å²) in [5.74, 6) is 0.